The van der Waals surface area contributed by atoms with Crippen LogP contribution in [0.15, 0.2) is 29.2 Å². The lowest BCUT2D eigenvalue weighted by molar-refractivity contribution is 0.0885. The topological polar surface area (TPSA) is 111 Å². The second kappa shape index (κ2) is 11.3. The van der Waals surface area contributed by atoms with Crippen LogP contribution < -0.4 is 10.9 Å². The normalized spacial score (nSPS) is 15.5. The van der Waals surface area contributed by atoms with Gasteiger partial charge in [0.2, 0.25) is 0 Å². The Bertz CT molecular complexity index is 1270. The number of rotatable bonds is 6. The van der Waals surface area contributed by atoms with Gasteiger partial charge < -0.3 is 15.4 Å². The number of halogens is 4. The molecule has 4 heterocycles. The fourth-order valence-electron chi connectivity index (χ4n) is 3.40. The Morgan fingerprint density at radius 1 is 1.31 bits per heavy atom. The van der Waals surface area contributed by atoms with Gasteiger partial charge >= 0.3 is 0 Å². The number of aryl methyl sites for hydroxylation is 1. The fraction of sp³-hybridized carbons (Fsp3) is 0.391. The number of aromatic nitrogens is 3. The average molecular weight is 495 g/mol. The van der Waals surface area contributed by atoms with E-state index in [-0.39, 0.29) is 22.6 Å². The van der Waals surface area contributed by atoms with Gasteiger partial charge in [0.25, 0.3) is 23.8 Å². The molecule has 3 aromatic rings. The Morgan fingerprint density at radius 3 is 2.63 bits per heavy atom. The van der Waals surface area contributed by atoms with Crippen molar-refractivity contribution in [3.63, 3.8) is 0 Å². The molecule has 4 rings (SSSR count). The summed E-state index contributed by atoms with van der Waals surface area (Å²) in [6, 6.07) is 4.11. The van der Waals surface area contributed by atoms with Gasteiger partial charge in [0, 0.05) is 36.5 Å². The predicted molar refractivity (Wildman–Crippen MR) is 120 cm³/mol. The maximum Gasteiger partial charge on any atom is 0.270 e. The van der Waals surface area contributed by atoms with Crippen molar-refractivity contribution in [1.29, 1.82) is 0 Å². The van der Waals surface area contributed by atoms with Crippen LogP contribution in [-0.4, -0.2) is 56.4 Å². The molecule has 35 heavy (non-hydrogen) atoms. The van der Waals surface area contributed by atoms with Crippen molar-refractivity contribution in [2.24, 2.45) is 0 Å². The Morgan fingerprint density at radius 2 is 2.06 bits per heavy atom. The molecule has 1 fully saturated rings. The first-order chi connectivity index (χ1) is 16.6. The van der Waals surface area contributed by atoms with E-state index in [0.717, 1.165) is 25.1 Å². The number of nitrogens with zero attached hydrogens (tertiary/aromatic N) is 3. The Kier molecular flexibility index (Phi) is 8.39. The molecule has 3 aromatic heterocycles. The van der Waals surface area contributed by atoms with E-state index in [1.807, 2.05) is 12.2 Å². The highest BCUT2D eigenvalue weighted by molar-refractivity contribution is 5.92. The molecule has 1 atom stereocenters. The molecule has 1 unspecified atom stereocenters. The molecule has 0 radical (unpaired) electrons. The van der Waals surface area contributed by atoms with Gasteiger partial charge in [-0.2, -0.15) is 4.39 Å². The van der Waals surface area contributed by atoms with Crippen molar-refractivity contribution >= 4 is 16.9 Å². The number of alkyl halides is 2. The standard InChI is InChI=1S/C15H18FN3O.C8H7F3N2O2/c1-3-10-6-12-14(18-15(10)20)13(16)11(7-17-12)8-19-5-4-9(19)2;9-6(10)3-12-8(15)4-1-2-5(14)7(11)13-4/h6-7,9H,3-5,8H2,1-2H3,(H,18,20);1-2,6,14H,3H2,(H,12,15). The predicted octanol–water partition coefficient (Wildman–Crippen LogP) is 3.14. The fourth-order valence-corrected chi connectivity index (χ4v) is 3.40. The summed E-state index contributed by atoms with van der Waals surface area (Å²) in [6.45, 7) is 4.73. The zero-order valence-electron chi connectivity index (χ0n) is 19.1. The molecule has 0 aliphatic carbocycles. The van der Waals surface area contributed by atoms with Crippen molar-refractivity contribution in [3.05, 3.63) is 63.3 Å². The summed E-state index contributed by atoms with van der Waals surface area (Å²) < 4.78 is 50.6. The summed E-state index contributed by atoms with van der Waals surface area (Å²) >= 11 is 0. The summed E-state index contributed by atoms with van der Waals surface area (Å²) in [5.74, 6) is -3.21. The third kappa shape index (κ3) is 6.32. The highest BCUT2D eigenvalue weighted by atomic mass is 19.3. The molecule has 12 heteroatoms. The zero-order chi connectivity index (χ0) is 25.7. The van der Waals surface area contributed by atoms with Gasteiger partial charge in [-0.3, -0.25) is 19.5 Å². The highest BCUT2D eigenvalue weighted by Gasteiger charge is 2.25. The van der Waals surface area contributed by atoms with E-state index in [4.69, 9.17) is 5.11 Å². The molecule has 0 bridgehead atoms. The number of fused-ring (bicyclic) bond motifs is 1. The van der Waals surface area contributed by atoms with Crippen LogP contribution in [0, 0.1) is 11.8 Å². The molecule has 1 saturated heterocycles. The summed E-state index contributed by atoms with van der Waals surface area (Å²) in [6.07, 6.45) is 0.664. The molecule has 3 N–H and O–H groups in total. The number of nitrogens with one attached hydrogen (secondary N) is 2. The van der Waals surface area contributed by atoms with Crippen LogP contribution in [-0.2, 0) is 13.0 Å². The number of hydrogen-bond acceptors (Lipinski definition) is 6. The first kappa shape index (κ1) is 26.1. The molecule has 0 saturated carbocycles. The lowest BCUT2D eigenvalue weighted by Crippen LogP contribution is -2.44. The summed E-state index contributed by atoms with van der Waals surface area (Å²) in [4.78, 5) is 35.1. The minimum absolute atomic E-state index is 0.220. The van der Waals surface area contributed by atoms with Gasteiger partial charge in [-0.25, -0.2) is 18.2 Å². The van der Waals surface area contributed by atoms with Crippen LogP contribution in [0.5, 0.6) is 5.75 Å². The number of H-pyrrole nitrogens is 1. The van der Waals surface area contributed by atoms with Gasteiger partial charge in [-0.15, -0.1) is 0 Å². The Balaban J connectivity index is 0.000000205. The van der Waals surface area contributed by atoms with Crippen molar-refractivity contribution in [2.45, 2.75) is 45.7 Å². The van der Waals surface area contributed by atoms with Crippen LogP contribution in [0.2, 0.25) is 0 Å². The SMILES string of the molecule is CCc1cc2ncc(CN3CCC3C)c(F)c2[nH]c1=O.O=C(NCC(F)F)c1ccc(O)c(F)n1. The summed E-state index contributed by atoms with van der Waals surface area (Å²) in [5, 5.41) is 10.6. The number of aromatic amines is 1. The molecule has 8 nitrogen and oxygen atoms in total. The quantitative estimate of drug-likeness (QED) is 0.358. The second-order valence-electron chi connectivity index (χ2n) is 8.05. The lowest BCUT2D eigenvalue weighted by Gasteiger charge is -2.38. The summed E-state index contributed by atoms with van der Waals surface area (Å²) in [5.41, 5.74) is 1.32. The van der Waals surface area contributed by atoms with Gasteiger partial charge in [-0.05, 0) is 38.0 Å². The largest absolute Gasteiger partial charge is 0.504 e. The number of carbonyl (C=O) groups excluding carboxylic acids is 1. The van der Waals surface area contributed by atoms with Crippen molar-refractivity contribution in [3.8, 4) is 5.75 Å². The molecular formula is C23H25F4N5O3. The lowest BCUT2D eigenvalue weighted by atomic mass is 10.0. The first-order valence-electron chi connectivity index (χ1n) is 11.0. The Hall–Kier alpha value is -3.54. The summed E-state index contributed by atoms with van der Waals surface area (Å²) in [7, 11) is 0. The molecule has 0 aromatic carbocycles. The van der Waals surface area contributed by atoms with Crippen molar-refractivity contribution in [2.75, 3.05) is 13.1 Å². The van der Waals surface area contributed by atoms with Crippen LogP contribution in [0.4, 0.5) is 17.6 Å². The third-order valence-electron chi connectivity index (χ3n) is 5.65. The van der Waals surface area contributed by atoms with Crippen LogP contribution >= 0.6 is 0 Å². The van der Waals surface area contributed by atoms with E-state index in [1.165, 1.54) is 0 Å². The van der Waals surface area contributed by atoms with Gasteiger partial charge in [0.15, 0.2) is 11.6 Å². The van der Waals surface area contributed by atoms with Gasteiger partial charge in [0.1, 0.15) is 11.2 Å². The van der Waals surface area contributed by atoms with E-state index >= 15 is 0 Å². The maximum atomic E-state index is 14.5. The number of pyridine rings is 3. The minimum Gasteiger partial charge on any atom is -0.504 e. The van der Waals surface area contributed by atoms with E-state index < -0.39 is 30.6 Å². The molecule has 0 spiro atoms. The van der Waals surface area contributed by atoms with E-state index in [0.29, 0.717) is 35.7 Å². The number of likely N-dealkylation sites (tertiary alicyclic amines) is 1. The zero-order valence-corrected chi connectivity index (χ0v) is 19.1. The molecule has 1 aliphatic rings. The second-order valence-corrected chi connectivity index (χ2v) is 8.05. The maximum absolute atomic E-state index is 14.5. The Labute approximate surface area is 198 Å². The van der Waals surface area contributed by atoms with Crippen molar-refractivity contribution < 1.29 is 27.5 Å². The van der Waals surface area contributed by atoms with Crippen molar-refractivity contribution in [1.82, 2.24) is 25.2 Å². The van der Waals surface area contributed by atoms with Crippen LogP contribution in [0.1, 0.15) is 41.9 Å². The average Bonchev–Trinajstić information content (AvgIpc) is 2.83. The molecular weight excluding hydrogens is 470 g/mol. The number of carbonyl (C=O) groups is 1. The minimum atomic E-state index is -2.68. The molecule has 1 aliphatic heterocycles. The van der Waals surface area contributed by atoms with Gasteiger partial charge in [0.05, 0.1) is 12.1 Å². The van der Waals surface area contributed by atoms with E-state index in [9.17, 15) is 27.2 Å². The smallest absolute Gasteiger partial charge is 0.270 e. The first-order valence-corrected chi connectivity index (χ1v) is 11.0. The number of hydrogen-bond donors (Lipinski definition) is 3. The number of amides is 1. The van der Waals surface area contributed by atoms with Gasteiger partial charge in [-0.1, -0.05) is 6.92 Å². The highest BCUT2D eigenvalue weighted by Crippen LogP contribution is 2.23. The van der Waals surface area contributed by atoms with E-state index in [1.54, 1.807) is 12.3 Å². The monoisotopic (exact) mass is 495 g/mol. The molecule has 1 amide bonds. The van der Waals surface area contributed by atoms with Crippen LogP contribution in [0.3, 0.4) is 0 Å². The van der Waals surface area contributed by atoms with E-state index in [2.05, 4.69) is 26.8 Å². The third-order valence-corrected chi connectivity index (χ3v) is 5.65. The molecule has 188 valence electrons. The van der Waals surface area contributed by atoms with Crippen LogP contribution in [0.25, 0.3) is 11.0 Å². The number of aromatic hydroxyl groups is 1.